The molecule has 1 aromatic rings. The van der Waals surface area contributed by atoms with Crippen LogP contribution in [0.2, 0.25) is 0 Å². The Morgan fingerprint density at radius 2 is 2.25 bits per heavy atom. The summed E-state index contributed by atoms with van der Waals surface area (Å²) in [6.07, 6.45) is 0. The fourth-order valence-electron chi connectivity index (χ4n) is 0.872. The predicted octanol–water partition coefficient (Wildman–Crippen LogP) is 1.48. The molecule has 0 aliphatic rings. The summed E-state index contributed by atoms with van der Waals surface area (Å²) in [4.78, 5) is 5.26. The molecule has 0 bridgehead atoms. The Balaban J connectivity index is 2.63. The van der Waals surface area contributed by atoms with Crippen LogP contribution >= 0.6 is 0 Å². The molecule has 0 heterocycles. The van der Waals surface area contributed by atoms with Crippen LogP contribution in [0.15, 0.2) is 24.3 Å². The summed E-state index contributed by atoms with van der Waals surface area (Å²) in [7, 11) is 0. The largest absolute Gasteiger partial charge is 0.391 e. The number of rotatable bonds is 3. The Hall–Kier alpha value is -1.06. The van der Waals surface area contributed by atoms with E-state index in [1.165, 1.54) is 5.17 Å². The molecule has 0 unspecified atom stereocenters. The summed E-state index contributed by atoms with van der Waals surface area (Å²) in [5, 5.41) is 1.30. The fraction of sp³-hybridized carbons (Fsp3) is 0.333. The quantitative estimate of drug-likeness (QED) is 0.546. The van der Waals surface area contributed by atoms with Crippen molar-refractivity contribution < 1.29 is 4.84 Å². The average molecular weight is 166 g/mol. The molecule has 66 valence electrons. The van der Waals surface area contributed by atoms with Gasteiger partial charge in [0, 0.05) is 6.54 Å². The average Bonchev–Trinajstić information content (AvgIpc) is 2.04. The molecular weight excluding hydrogens is 152 g/mol. The summed E-state index contributed by atoms with van der Waals surface area (Å²) in [5.41, 5.74) is 1.16. The van der Waals surface area contributed by atoms with E-state index < -0.39 is 0 Å². The molecule has 0 fully saturated rings. The van der Waals surface area contributed by atoms with Crippen molar-refractivity contribution >= 4 is 0 Å². The predicted molar refractivity (Wildman–Crippen MR) is 48.4 cm³/mol. The zero-order valence-corrected chi connectivity index (χ0v) is 7.45. The molecule has 0 aliphatic heterocycles. The van der Waals surface area contributed by atoms with Crippen molar-refractivity contribution in [3.63, 3.8) is 0 Å². The molecule has 0 aromatic heterocycles. The molecule has 3 nitrogen and oxygen atoms in total. The first-order valence-corrected chi connectivity index (χ1v) is 3.99. The zero-order chi connectivity index (χ0) is 8.97. The monoisotopic (exact) mass is 166 g/mol. The van der Waals surface area contributed by atoms with Crippen molar-refractivity contribution in [3.8, 4) is 5.75 Å². The zero-order valence-electron chi connectivity index (χ0n) is 7.45. The van der Waals surface area contributed by atoms with Gasteiger partial charge >= 0.3 is 0 Å². The van der Waals surface area contributed by atoms with Gasteiger partial charge in [0.15, 0.2) is 0 Å². The van der Waals surface area contributed by atoms with E-state index in [0.29, 0.717) is 6.54 Å². The van der Waals surface area contributed by atoms with Gasteiger partial charge < -0.3 is 4.84 Å². The van der Waals surface area contributed by atoms with Crippen LogP contribution in [0.4, 0.5) is 0 Å². The van der Waals surface area contributed by atoms with E-state index >= 15 is 0 Å². The first kappa shape index (κ1) is 9.03. The molecule has 0 radical (unpaired) electrons. The van der Waals surface area contributed by atoms with Crippen LogP contribution in [-0.4, -0.2) is 11.7 Å². The lowest BCUT2D eigenvalue weighted by molar-refractivity contribution is -0.0555. The Bertz CT molecular complexity index is 250. The summed E-state index contributed by atoms with van der Waals surface area (Å²) < 4.78 is 0. The van der Waals surface area contributed by atoms with Crippen LogP contribution in [0.25, 0.3) is 0 Å². The molecule has 0 saturated carbocycles. The Labute approximate surface area is 72.7 Å². The Kier molecular flexibility index (Phi) is 3.08. The van der Waals surface area contributed by atoms with Crippen molar-refractivity contribution in [2.45, 2.75) is 13.8 Å². The van der Waals surface area contributed by atoms with Crippen LogP contribution in [-0.2, 0) is 0 Å². The lowest BCUT2D eigenvalue weighted by Gasteiger charge is -2.14. The fourth-order valence-corrected chi connectivity index (χ4v) is 0.872. The van der Waals surface area contributed by atoms with E-state index in [4.69, 9.17) is 10.7 Å². The Morgan fingerprint density at radius 3 is 2.83 bits per heavy atom. The van der Waals surface area contributed by atoms with Crippen LogP contribution in [0.1, 0.15) is 12.5 Å². The van der Waals surface area contributed by atoms with Gasteiger partial charge in [0.05, 0.1) is 0 Å². The second-order valence-corrected chi connectivity index (χ2v) is 2.64. The molecule has 1 aromatic carbocycles. The minimum absolute atomic E-state index is 0.661. The van der Waals surface area contributed by atoms with Gasteiger partial charge in [0.25, 0.3) is 0 Å². The summed E-state index contributed by atoms with van der Waals surface area (Å²) in [6, 6.07) is 7.77. The van der Waals surface area contributed by atoms with Gasteiger partial charge in [0.2, 0.25) is 0 Å². The molecule has 0 atom stereocenters. The van der Waals surface area contributed by atoms with Crippen molar-refractivity contribution in [3.05, 3.63) is 29.8 Å². The highest BCUT2D eigenvalue weighted by atomic mass is 16.7. The smallest absolute Gasteiger partial charge is 0.149 e. The van der Waals surface area contributed by atoms with E-state index in [1.54, 1.807) is 0 Å². The lowest BCUT2D eigenvalue weighted by atomic mass is 10.2. The molecule has 0 aliphatic carbocycles. The van der Waals surface area contributed by atoms with Gasteiger partial charge in [-0.25, -0.2) is 5.84 Å². The van der Waals surface area contributed by atoms with Crippen molar-refractivity contribution in [2.75, 3.05) is 6.54 Å². The topological polar surface area (TPSA) is 38.5 Å². The van der Waals surface area contributed by atoms with Gasteiger partial charge in [-0.1, -0.05) is 17.3 Å². The van der Waals surface area contributed by atoms with Gasteiger partial charge in [0.1, 0.15) is 5.75 Å². The lowest BCUT2D eigenvalue weighted by Crippen LogP contribution is -2.33. The van der Waals surface area contributed by atoms with Crippen LogP contribution in [0.5, 0.6) is 5.75 Å². The summed E-state index contributed by atoms with van der Waals surface area (Å²) >= 11 is 0. The highest BCUT2D eigenvalue weighted by Gasteiger charge is 1.97. The standard InChI is InChI=1S/C9H14N2O/c1-3-11(10)12-9-6-4-5-8(2)7-9/h4-7H,3,10H2,1-2H3. The van der Waals surface area contributed by atoms with Crippen LogP contribution in [0, 0.1) is 6.92 Å². The molecule has 12 heavy (non-hydrogen) atoms. The van der Waals surface area contributed by atoms with E-state index in [1.807, 2.05) is 38.1 Å². The van der Waals surface area contributed by atoms with E-state index in [-0.39, 0.29) is 0 Å². The first-order chi connectivity index (χ1) is 5.72. The SMILES string of the molecule is CCN(N)Oc1cccc(C)c1. The van der Waals surface area contributed by atoms with E-state index in [9.17, 15) is 0 Å². The highest BCUT2D eigenvalue weighted by Crippen LogP contribution is 2.12. The summed E-state index contributed by atoms with van der Waals surface area (Å²) in [6.45, 7) is 4.60. The third-order valence-corrected chi connectivity index (χ3v) is 1.52. The third-order valence-electron chi connectivity index (χ3n) is 1.52. The molecule has 0 amide bonds. The number of hydrazine groups is 1. The van der Waals surface area contributed by atoms with Gasteiger partial charge in [-0.05, 0) is 31.5 Å². The molecule has 2 N–H and O–H groups in total. The minimum Gasteiger partial charge on any atom is -0.391 e. The number of benzene rings is 1. The summed E-state index contributed by atoms with van der Waals surface area (Å²) in [5.74, 6) is 6.24. The van der Waals surface area contributed by atoms with E-state index in [2.05, 4.69) is 0 Å². The normalized spacial score (nSPS) is 10.3. The minimum atomic E-state index is 0.661. The maximum atomic E-state index is 5.47. The van der Waals surface area contributed by atoms with Crippen LogP contribution in [0.3, 0.4) is 0 Å². The second-order valence-electron chi connectivity index (χ2n) is 2.64. The van der Waals surface area contributed by atoms with Crippen LogP contribution < -0.4 is 10.7 Å². The number of hydrogen-bond acceptors (Lipinski definition) is 3. The van der Waals surface area contributed by atoms with Gasteiger partial charge in [-0.15, -0.1) is 0 Å². The number of aryl methyl sites for hydroxylation is 1. The molecule has 0 saturated heterocycles. The second kappa shape index (κ2) is 4.09. The Morgan fingerprint density at radius 1 is 1.50 bits per heavy atom. The number of hydrogen-bond donors (Lipinski definition) is 1. The molecular formula is C9H14N2O. The van der Waals surface area contributed by atoms with E-state index in [0.717, 1.165) is 11.3 Å². The van der Waals surface area contributed by atoms with Gasteiger partial charge in [-0.2, -0.15) is 0 Å². The molecule has 3 heteroatoms. The van der Waals surface area contributed by atoms with Crippen molar-refractivity contribution in [2.24, 2.45) is 5.84 Å². The maximum Gasteiger partial charge on any atom is 0.149 e. The maximum absolute atomic E-state index is 5.47. The number of hydroxylamine groups is 1. The van der Waals surface area contributed by atoms with Crippen molar-refractivity contribution in [1.82, 2.24) is 5.17 Å². The van der Waals surface area contributed by atoms with Crippen molar-refractivity contribution in [1.29, 1.82) is 0 Å². The number of nitrogens with zero attached hydrogens (tertiary/aromatic N) is 1. The molecule has 0 spiro atoms. The third kappa shape index (κ3) is 2.53. The molecule has 1 rings (SSSR count). The first-order valence-electron chi connectivity index (χ1n) is 3.99. The number of nitrogens with two attached hydrogens (primary N) is 1. The highest BCUT2D eigenvalue weighted by molar-refractivity contribution is 5.26. The van der Waals surface area contributed by atoms with Gasteiger partial charge in [-0.3, -0.25) is 0 Å².